The molecule has 1 aliphatic heterocycles. The van der Waals surface area contributed by atoms with Crippen molar-refractivity contribution in [3.63, 3.8) is 0 Å². The molecule has 1 heterocycles. The van der Waals surface area contributed by atoms with Gasteiger partial charge in [0.25, 0.3) is 0 Å². The molecule has 23 heavy (non-hydrogen) atoms. The normalized spacial score (nSPS) is 26.9. The molecule has 2 fully saturated rings. The molecule has 0 spiro atoms. The molecule has 2 N–H and O–H groups in total. The van der Waals surface area contributed by atoms with Crippen molar-refractivity contribution in [2.24, 2.45) is 11.8 Å². The number of halogens is 1. The monoisotopic (exact) mass is 334 g/mol. The average Bonchev–Trinajstić information content (AvgIpc) is 3.06. The van der Waals surface area contributed by atoms with Gasteiger partial charge in [0, 0.05) is 17.0 Å². The number of hydrogen-bond acceptors (Lipinski definition) is 2. The Morgan fingerprint density at radius 2 is 2.09 bits per heavy atom. The molecule has 1 aliphatic carbocycles. The highest BCUT2D eigenvalue weighted by Crippen LogP contribution is 2.36. The van der Waals surface area contributed by atoms with Crippen LogP contribution >= 0.6 is 11.6 Å². The molecular formula is C19H27ClN2O. The number of benzene rings is 1. The first-order valence-electron chi connectivity index (χ1n) is 8.92. The Morgan fingerprint density at radius 3 is 2.78 bits per heavy atom. The Morgan fingerprint density at radius 1 is 1.30 bits per heavy atom. The lowest BCUT2D eigenvalue weighted by molar-refractivity contribution is -0.127. The SMILES string of the molecule is C[C@H]1C[C@@H](C(=O)NC(c2cccc(Cl)c2)C2CCCC2)CCN1. The molecule has 3 rings (SSSR count). The van der Waals surface area contributed by atoms with Crippen molar-refractivity contribution in [2.75, 3.05) is 6.54 Å². The number of amides is 1. The molecule has 1 aromatic carbocycles. The smallest absolute Gasteiger partial charge is 0.223 e. The molecule has 0 bridgehead atoms. The second-order valence-corrected chi connectivity index (χ2v) is 7.60. The maximum atomic E-state index is 12.8. The first-order valence-corrected chi connectivity index (χ1v) is 9.30. The van der Waals surface area contributed by atoms with Crippen molar-refractivity contribution in [1.82, 2.24) is 10.6 Å². The van der Waals surface area contributed by atoms with Crippen LogP contribution in [0.3, 0.4) is 0 Å². The summed E-state index contributed by atoms with van der Waals surface area (Å²) in [6.07, 6.45) is 6.78. The Bertz CT molecular complexity index is 542. The van der Waals surface area contributed by atoms with Gasteiger partial charge in [-0.1, -0.05) is 36.6 Å². The molecule has 3 nitrogen and oxygen atoms in total. The summed E-state index contributed by atoms with van der Waals surface area (Å²) in [6.45, 7) is 3.09. The topological polar surface area (TPSA) is 41.1 Å². The Hall–Kier alpha value is -1.06. The van der Waals surface area contributed by atoms with Gasteiger partial charge >= 0.3 is 0 Å². The van der Waals surface area contributed by atoms with E-state index in [2.05, 4.69) is 23.6 Å². The minimum atomic E-state index is 0.105. The third kappa shape index (κ3) is 4.27. The van der Waals surface area contributed by atoms with Gasteiger partial charge in [-0.2, -0.15) is 0 Å². The summed E-state index contributed by atoms with van der Waals surface area (Å²) >= 11 is 6.18. The van der Waals surface area contributed by atoms with Gasteiger partial charge in [-0.05, 0) is 62.8 Å². The van der Waals surface area contributed by atoms with Gasteiger partial charge in [-0.3, -0.25) is 4.79 Å². The van der Waals surface area contributed by atoms with Gasteiger partial charge in [0.15, 0.2) is 0 Å². The Kier molecular flexibility index (Phi) is 5.60. The molecule has 1 saturated carbocycles. The Labute approximate surface area is 144 Å². The maximum absolute atomic E-state index is 12.8. The van der Waals surface area contributed by atoms with E-state index in [1.165, 1.54) is 25.7 Å². The van der Waals surface area contributed by atoms with Crippen LogP contribution in [0.15, 0.2) is 24.3 Å². The molecule has 0 aromatic heterocycles. The molecule has 0 radical (unpaired) electrons. The van der Waals surface area contributed by atoms with Crippen molar-refractivity contribution in [3.8, 4) is 0 Å². The van der Waals surface area contributed by atoms with E-state index in [1.807, 2.05) is 18.2 Å². The van der Waals surface area contributed by atoms with Crippen LogP contribution in [-0.2, 0) is 4.79 Å². The lowest BCUT2D eigenvalue weighted by Gasteiger charge is -2.31. The van der Waals surface area contributed by atoms with Crippen LogP contribution in [0.5, 0.6) is 0 Å². The molecule has 126 valence electrons. The molecule has 1 aromatic rings. The summed E-state index contributed by atoms with van der Waals surface area (Å²) in [6, 6.07) is 8.52. The van der Waals surface area contributed by atoms with E-state index in [1.54, 1.807) is 0 Å². The molecule has 1 amide bonds. The lowest BCUT2D eigenvalue weighted by atomic mass is 9.88. The van der Waals surface area contributed by atoms with Gasteiger partial charge in [-0.15, -0.1) is 0 Å². The lowest BCUT2D eigenvalue weighted by Crippen LogP contribution is -2.44. The maximum Gasteiger partial charge on any atom is 0.223 e. The van der Waals surface area contributed by atoms with E-state index in [-0.39, 0.29) is 17.9 Å². The summed E-state index contributed by atoms with van der Waals surface area (Å²) in [5, 5.41) is 7.53. The number of carbonyl (C=O) groups is 1. The van der Waals surface area contributed by atoms with E-state index in [4.69, 9.17) is 11.6 Å². The van der Waals surface area contributed by atoms with E-state index in [0.29, 0.717) is 12.0 Å². The zero-order valence-electron chi connectivity index (χ0n) is 13.9. The van der Waals surface area contributed by atoms with Crippen LogP contribution in [0.1, 0.15) is 57.1 Å². The highest BCUT2D eigenvalue weighted by molar-refractivity contribution is 6.30. The average molecular weight is 335 g/mol. The molecular weight excluding hydrogens is 308 g/mol. The number of hydrogen-bond donors (Lipinski definition) is 2. The fourth-order valence-electron chi connectivity index (χ4n) is 4.11. The van der Waals surface area contributed by atoms with Crippen LogP contribution in [0.4, 0.5) is 0 Å². The van der Waals surface area contributed by atoms with Crippen LogP contribution in [-0.4, -0.2) is 18.5 Å². The fourth-order valence-corrected chi connectivity index (χ4v) is 4.30. The summed E-state index contributed by atoms with van der Waals surface area (Å²) in [5.74, 6) is 0.890. The van der Waals surface area contributed by atoms with Gasteiger partial charge in [0.1, 0.15) is 0 Å². The highest BCUT2D eigenvalue weighted by Gasteiger charge is 2.31. The molecule has 4 heteroatoms. The number of piperidine rings is 1. The largest absolute Gasteiger partial charge is 0.349 e. The third-order valence-corrected chi connectivity index (χ3v) is 5.61. The summed E-state index contributed by atoms with van der Waals surface area (Å²) in [5.41, 5.74) is 1.15. The zero-order chi connectivity index (χ0) is 16.2. The summed E-state index contributed by atoms with van der Waals surface area (Å²) in [7, 11) is 0. The number of carbonyl (C=O) groups excluding carboxylic acids is 1. The van der Waals surface area contributed by atoms with E-state index >= 15 is 0 Å². The first-order chi connectivity index (χ1) is 11.1. The first kappa shape index (κ1) is 16.8. The van der Waals surface area contributed by atoms with Crippen LogP contribution in [0, 0.1) is 11.8 Å². The van der Waals surface area contributed by atoms with Crippen molar-refractivity contribution in [1.29, 1.82) is 0 Å². The quantitative estimate of drug-likeness (QED) is 0.871. The van der Waals surface area contributed by atoms with E-state index < -0.39 is 0 Å². The third-order valence-electron chi connectivity index (χ3n) is 5.37. The standard InChI is InChI=1S/C19H27ClN2O/c1-13-11-16(9-10-21-13)19(23)22-18(14-5-2-3-6-14)15-7-4-8-17(20)12-15/h4,7-8,12-14,16,18,21H,2-3,5-6,9-11H2,1H3,(H,22,23)/t13-,16-,18?/m0/s1. The van der Waals surface area contributed by atoms with Gasteiger partial charge in [-0.25, -0.2) is 0 Å². The van der Waals surface area contributed by atoms with Gasteiger partial charge in [0.05, 0.1) is 6.04 Å². The van der Waals surface area contributed by atoms with Gasteiger partial charge in [0.2, 0.25) is 5.91 Å². The molecule has 1 saturated heterocycles. The summed E-state index contributed by atoms with van der Waals surface area (Å²) in [4.78, 5) is 12.8. The van der Waals surface area contributed by atoms with Crippen molar-refractivity contribution in [2.45, 2.75) is 57.5 Å². The van der Waals surface area contributed by atoms with Crippen molar-refractivity contribution in [3.05, 3.63) is 34.9 Å². The highest BCUT2D eigenvalue weighted by atomic mass is 35.5. The summed E-state index contributed by atoms with van der Waals surface area (Å²) < 4.78 is 0. The minimum Gasteiger partial charge on any atom is -0.349 e. The number of rotatable bonds is 4. The van der Waals surface area contributed by atoms with Gasteiger partial charge < -0.3 is 10.6 Å². The second-order valence-electron chi connectivity index (χ2n) is 7.16. The van der Waals surface area contributed by atoms with E-state index in [0.717, 1.165) is 30.0 Å². The van der Waals surface area contributed by atoms with E-state index in [9.17, 15) is 4.79 Å². The van der Waals surface area contributed by atoms with Crippen LogP contribution in [0.2, 0.25) is 5.02 Å². The number of nitrogens with one attached hydrogen (secondary N) is 2. The molecule has 1 unspecified atom stereocenters. The zero-order valence-corrected chi connectivity index (χ0v) is 14.6. The fraction of sp³-hybridized carbons (Fsp3) is 0.632. The van der Waals surface area contributed by atoms with Crippen LogP contribution in [0.25, 0.3) is 0 Å². The van der Waals surface area contributed by atoms with Crippen molar-refractivity contribution >= 4 is 17.5 Å². The molecule has 2 aliphatic rings. The second kappa shape index (κ2) is 7.67. The minimum absolute atomic E-state index is 0.105. The predicted molar refractivity (Wildman–Crippen MR) is 94.5 cm³/mol. The van der Waals surface area contributed by atoms with Crippen molar-refractivity contribution < 1.29 is 4.79 Å². The van der Waals surface area contributed by atoms with Crippen LogP contribution < -0.4 is 10.6 Å². The Balaban J connectivity index is 1.74. The molecule has 3 atom stereocenters. The predicted octanol–water partition coefficient (Wildman–Crippen LogP) is 4.08.